The average molecular weight is 311 g/mol. The Morgan fingerprint density at radius 2 is 1.50 bits per heavy atom. The van der Waals surface area contributed by atoms with Crippen LogP contribution < -0.4 is 11.1 Å². The molecule has 0 amide bonds. The predicted octanol–water partition coefficient (Wildman–Crippen LogP) is 0.874. The van der Waals surface area contributed by atoms with E-state index in [0.717, 1.165) is 0 Å². The number of aromatic nitrogens is 2. The number of H-pyrrole nitrogens is 2. The van der Waals surface area contributed by atoms with Crippen molar-refractivity contribution in [3.05, 3.63) is 38.4 Å². The third-order valence-electron chi connectivity index (χ3n) is 2.28. The van der Waals surface area contributed by atoms with Crippen molar-refractivity contribution in [2.24, 2.45) is 0 Å². The van der Waals surface area contributed by atoms with Crippen LogP contribution in [0.25, 0.3) is 11.0 Å². The molecule has 98 valence electrons. The number of fused-ring (bicyclic) bond motifs is 1. The Balaban J connectivity index is 0.00000162. The van der Waals surface area contributed by atoms with Crippen molar-refractivity contribution in [3.8, 4) is 0 Å². The summed E-state index contributed by atoms with van der Waals surface area (Å²) in [6.07, 6.45) is 0. The molecule has 0 radical (unpaired) electrons. The second-order valence-electron chi connectivity index (χ2n) is 3.51. The van der Waals surface area contributed by atoms with Gasteiger partial charge in [0.1, 0.15) is 0 Å². The Kier molecular flexibility index (Phi) is 3.89. The zero-order chi connectivity index (χ0) is 12.8. The van der Waals surface area contributed by atoms with Crippen molar-refractivity contribution in [1.82, 2.24) is 9.97 Å². The minimum Gasteiger partial charge on any atom is -0.316 e. The van der Waals surface area contributed by atoms with E-state index in [-0.39, 0.29) is 22.8 Å². The molecule has 0 aliphatic heterocycles. The first-order valence-electron chi connectivity index (χ1n) is 4.50. The highest BCUT2D eigenvalue weighted by Crippen LogP contribution is 2.22. The Morgan fingerprint density at radius 1 is 1.06 bits per heavy atom. The van der Waals surface area contributed by atoms with Gasteiger partial charge in [0, 0.05) is 10.7 Å². The van der Waals surface area contributed by atoms with E-state index in [1.807, 2.05) is 0 Å². The summed E-state index contributed by atoms with van der Waals surface area (Å²) in [6, 6.07) is 2.65. The monoisotopic (exact) mass is 310 g/mol. The van der Waals surface area contributed by atoms with Gasteiger partial charge in [0.25, 0.3) is 9.05 Å². The maximum absolute atomic E-state index is 11.3. The first kappa shape index (κ1) is 14.7. The summed E-state index contributed by atoms with van der Waals surface area (Å²) in [5.41, 5.74) is -0.705. The maximum Gasteiger partial charge on any atom is 0.314 e. The second-order valence-corrected chi connectivity index (χ2v) is 6.04. The lowest BCUT2D eigenvalue weighted by atomic mass is 10.2. The molecule has 2 N–H and O–H groups in total. The minimum absolute atomic E-state index is 0. The number of halogens is 2. The Labute approximate surface area is 112 Å². The largest absolute Gasteiger partial charge is 0.316 e. The molecule has 0 saturated heterocycles. The number of benzene rings is 1. The highest BCUT2D eigenvalue weighted by Gasteiger charge is 2.15. The van der Waals surface area contributed by atoms with E-state index >= 15 is 0 Å². The highest BCUT2D eigenvalue weighted by molar-refractivity contribution is 8.13. The number of aromatic amines is 2. The first-order chi connectivity index (χ1) is 7.79. The van der Waals surface area contributed by atoms with E-state index in [0.29, 0.717) is 11.1 Å². The molecule has 2 rings (SSSR count). The van der Waals surface area contributed by atoms with Crippen molar-refractivity contribution in [3.63, 3.8) is 0 Å². The molecule has 6 nitrogen and oxygen atoms in total. The highest BCUT2D eigenvalue weighted by atomic mass is 35.7. The zero-order valence-electron chi connectivity index (χ0n) is 8.98. The molecule has 18 heavy (non-hydrogen) atoms. The molecule has 1 aromatic carbocycles. The molecule has 0 spiro atoms. The smallest absolute Gasteiger partial charge is 0.314 e. The van der Waals surface area contributed by atoms with Gasteiger partial charge in [-0.25, -0.2) is 8.42 Å². The normalized spacial score (nSPS) is 11.2. The predicted molar refractivity (Wildman–Crippen MR) is 70.2 cm³/mol. The van der Waals surface area contributed by atoms with Crippen LogP contribution >= 0.6 is 23.1 Å². The van der Waals surface area contributed by atoms with Crippen LogP contribution in [0.3, 0.4) is 0 Å². The molecule has 0 aliphatic carbocycles. The van der Waals surface area contributed by atoms with E-state index in [4.69, 9.17) is 10.7 Å². The fraction of sp³-hybridized carbons (Fsp3) is 0.111. The van der Waals surface area contributed by atoms with Gasteiger partial charge in [0.2, 0.25) is 0 Å². The molecule has 0 atom stereocenters. The van der Waals surface area contributed by atoms with Crippen molar-refractivity contribution in [2.75, 3.05) is 0 Å². The quantitative estimate of drug-likeness (QED) is 0.603. The molecule has 0 saturated carbocycles. The molecule has 1 heterocycles. The van der Waals surface area contributed by atoms with E-state index in [1.165, 1.54) is 19.1 Å². The van der Waals surface area contributed by atoms with Crippen LogP contribution in [0.1, 0.15) is 5.56 Å². The van der Waals surface area contributed by atoms with Crippen LogP contribution in [0.4, 0.5) is 0 Å². The van der Waals surface area contributed by atoms with Crippen molar-refractivity contribution < 1.29 is 8.42 Å². The summed E-state index contributed by atoms with van der Waals surface area (Å²) >= 11 is 0. The van der Waals surface area contributed by atoms with Gasteiger partial charge in [-0.1, -0.05) is 0 Å². The third kappa shape index (κ3) is 2.58. The van der Waals surface area contributed by atoms with Crippen LogP contribution in [0.5, 0.6) is 0 Å². The molecule has 2 aromatic rings. The number of hydrogen-bond acceptors (Lipinski definition) is 4. The Morgan fingerprint density at radius 3 is 1.94 bits per heavy atom. The van der Waals surface area contributed by atoms with E-state index in [2.05, 4.69) is 9.97 Å². The molecule has 1 aromatic heterocycles. The van der Waals surface area contributed by atoms with Gasteiger partial charge in [-0.05, 0) is 24.6 Å². The van der Waals surface area contributed by atoms with E-state index in [1.54, 1.807) is 0 Å². The number of aryl methyl sites for hydroxylation is 1. The average Bonchev–Trinajstić information content (AvgIpc) is 2.18. The molecule has 9 heteroatoms. The third-order valence-corrected chi connectivity index (χ3v) is 3.74. The van der Waals surface area contributed by atoms with Crippen LogP contribution in [0.2, 0.25) is 0 Å². The second kappa shape index (κ2) is 4.75. The number of hydrogen-bond donors (Lipinski definition) is 2. The van der Waals surface area contributed by atoms with E-state index in [9.17, 15) is 18.0 Å². The van der Waals surface area contributed by atoms with E-state index < -0.39 is 20.2 Å². The van der Waals surface area contributed by atoms with Crippen LogP contribution in [0.15, 0.2) is 26.6 Å². The lowest BCUT2D eigenvalue weighted by molar-refractivity contribution is 0.609. The Hall–Kier alpha value is -1.31. The van der Waals surface area contributed by atoms with Gasteiger partial charge in [-0.2, -0.15) is 0 Å². The van der Waals surface area contributed by atoms with Gasteiger partial charge < -0.3 is 9.97 Å². The zero-order valence-corrected chi connectivity index (χ0v) is 11.4. The lowest BCUT2D eigenvalue weighted by Gasteiger charge is -2.04. The van der Waals surface area contributed by atoms with Crippen LogP contribution in [-0.4, -0.2) is 18.4 Å². The van der Waals surface area contributed by atoms with Crippen LogP contribution in [-0.2, 0) is 9.05 Å². The molecule has 0 fully saturated rings. The lowest BCUT2D eigenvalue weighted by Crippen LogP contribution is -2.29. The van der Waals surface area contributed by atoms with Crippen molar-refractivity contribution in [1.29, 1.82) is 0 Å². The topological polar surface area (TPSA) is 99.9 Å². The summed E-state index contributed by atoms with van der Waals surface area (Å²) in [6.45, 7) is 1.54. The molecule has 0 unspecified atom stereocenters. The van der Waals surface area contributed by atoms with Gasteiger partial charge in [0.05, 0.1) is 15.9 Å². The first-order valence-corrected chi connectivity index (χ1v) is 6.81. The van der Waals surface area contributed by atoms with Crippen molar-refractivity contribution >= 4 is 43.2 Å². The molecule has 0 bridgehead atoms. The minimum atomic E-state index is -3.89. The number of rotatable bonds is 1. The summed E-state index contributed by atoms with van der Waals surface area (Å²) in [7, 11) is 1.35. The van der Waals surface area contributed by atoms with Gasteiger partial charge in [0.15, 0.2) is 0 Å². The van der Waals surface area contributed by atoms with Gasteiger partial charge >= 0.3 is 11.1 Å². The van der Waals surface area contributed by atoms with Crippen LogP contribution in [0, 0.1) is 6.92 Å². The summed E-state index contributed by atoms with van der Waals surface area (Å²) in [4.78, 5) is 26.7. The maximum atomic E-state index is 11.3. The fourth-order valence-corrected chi connectivity index (χ4v) is 2.72. The fourth-order valence-electron chi connectivity index (χ4n) is 1.52. The molecular weight excluding hydrogens is 303 g/mol. The Bertz CT molecular complexity index is 823. The number of nitrogens with one attached hydrogen (secondary N) is 2. The summed E-state index contributed by atoms with van der Waals surface area (Å²) < 4.78 is 22.5. The standard InChI is InChI=1S/C9H7ClN2O4S.ClH/c1-4-2-5-6(3-7(4)17(10,15)16)12-9(14)8(13)11-5;/h2-3H,1H3,(H,11,13)(H,12,14);1H. The molecular formula is C9H8Cl2N2O4S. The van der Waals surface area contributed by atoms with Gasteiger partial charge in [-0.15, -0.1) is 12.4 Å². The summed E-state index contributed by atoms with van der Waals surface area (Å²) in [5, 5.41) is 0. The van der Waals surface area contributed by atoms with Crippen molar-refractivity contribution in [2.45, 2.75) is 11.8 Å². The summed E-state index contributed by atoms with van der Waals surface area (Å²) in [5.74, 6) is 0. The van der Waals surface area contributed by atoms with Gasteiger partial charge in [-0.3, -0.25) is 9.59 Å². The SMILES string of the molecule is Cc1cc2[nH]c(=O)c(=O)[nH]c2cc1S(=O)(=O)Cl.Cl. The molecule has 0 aliphatic rings.